The zero-order chi connectivity index (χ0) is 34.4. The van der Waals surface area contributed by atoms with Crippen LogP contribution in [0.15, 0.2) is 60.7 Å². The number of benzene rings is 2. The summed E-state index contributed by atoms with van der Waals surface area (Å²) in [5.74, 6) is -0.864. The van der Waals surface area contributed by atoms with Crippen LogP contribution in [0.3, 0.4) is 0 Å². The van der Waals surface area contributed by atoms with Gasteiger partial charge in [0, 0.05) is 38.8 Å². The lowest BCUT2D eigenvalue weighted by Crippen LogP contribution is -2.59. The Labute approximate surface area is 278 Å². The molecule has 2 aliphatic rings. The molecule has 47 heavy (non-hydrogen) atoms. The van der Waals surface area contributed by atoms with Crippen LogP contribution < -0.4 is 5.73 Å². The molecule has 0 aromatic heterocycles. The fourth-order valence-corrected chi connectivity index (χ4v) is 6.23. The standard InChI is InChI=1S/C36H51N5O6/c1-35(2,3)46-33(44)40-25-29(41(31(42)22-37)34(45)47-36(4,5)6)21-30(40)32(43)39-20-19-38(23-27-15-11-8-12-16-27)24-28(39)18-17-26-13-9-7-10-14-26/h7-16,28-30H,17-25,37H2,1-6H3/t28-,29+,30-/m1/s1. The highest BCUT2D eigenvalue weighted by Crippen LogP contribution is 2.30. The van der Waals surface area contributed by atoms with E-state index in [1.165, 1.54) is 16.0 Å². The number of aryl methyl sites for hydroxylation is 1. The molecule has 0 aliphatic carbocycles. The third-order valence-corrected chi connectivity index (χ3v) is 8.30. The zero-order valence-corrected chi connectivity index (χ0v) is 28.7. The minimum atomic E-state index is -0.940. The summed E-state index contributed by atoms with van der Waals surface area (Å²) < 4.78 is 11.3. The highest BCUT2D eigenvalue weighted by molar-refractivity contribution is 5.94. The molecular weight excluding hydrogens is 598 g/mol. The lowest BCUT2D eigenvalue weighted by Gasteiger charge is -2.43. The lowest BCUT2D eigenvalue weighted by atomic mass is 9.99. The predicted molar refractivity (Wildman–Crippen MR) is 179 cm³/mol. The van der Waals surface area contributed by atoms with Gasteiger partial charge in [-0.3, -0.25) is 19.4 Å². The summed E-state index contributed by atoms with van der Waals surface area (Å²) in [5.41, 5.74) is 6.42. The Kier molecular flexibility index (Phi) is 11.7. The van der Waals surface area contributed by atoms with E-state index < -0.39 is 47.9 Å². The highest BCUT2D eigenvalue weighted by atomic mass is 16.6. The molecule has 11 nitrogen and oxygen atoms in total. The van der Waals surface area contributed by atoms with Crippen molar-refractivity contribution in [3.05, 3.63) is 71.8 Å². The Bertz CT molecular complexity index is 1370. The van der Waals surface area contributed by atoms with Crippen molar-refractivity contribution in [2.45, 2.75) is 96.7 Å². The SMILES string of the molecule is CC(C)(C)OC(=O)N1C[C@@H](N(C(=O)CN)C(=O)OC(C)(C)C)C[C@@H]1C(=O)N1CCN(Cc2ccccc2)C[C@H]1CCc1ccccc1. The number of ether oxygens (including phenoxy) is 2. The number of hydrogen-bond donors (Lipinski definition) is 1. The third kappa shape index (κ3) is 10.0. The van der Waals surface area contributed by atoms with Gasteiger partial charge in [-0.15, -0.1) is 0 Å². The molecule has 0 saturated carbocycles. The van der Waals surface area contributed by atoms with Gasteiger partial charge in [-0.1, -0.05) is 60.7 Å². The third-order valence-electron chi connectivity index (χ3n) is 8.30. The monoisotopic (exact) mass is 649 g/mol. The fourth-order valence-electron chi connectivity index (χ4n) is 6.23. The summed E-state index contributed by atoms with van der Waals surface area (Å²) in [6.45, 7) is 12.5. The minimum Gasteiger partial charge on any atom is -0.444 e. The van der Waals surface area contributed by atoms with E-state index >= 15 is 0 Å². The van der Waals surface area contributed by atoms with Crippen molar-refractivity contribution < 1.29 is 28.7 Å². The van der Waals surface area contributed by atoms with Gasteiger partial charge in [0.1, 0.15) is 17.2 Å². The molecule has 3 atom stereocenters. The molecule has 2 heterocycles. The molecular formula is C36H51N5O6. The summed E-state index contributed by atoms with van der Waals surface area (Å²) in [6, 6.07) is 18.6. The number of piperazine rings is 1. The lowest BCUT2D eigenvalue weighted by molar-refractivity contribution is -0.141. The summed E-state index contributed by atoms with van der Waals surface area (Å²) >= 11 is 0. The summed E-state index contributed by atoms with van der Waals surface area (Å²) in [4.78, 5) is 61.1. The molecule has 2 aromatic carbocycles. The number of carbonyl (C=O) groups excluding carboxylic acids is 4. The zero-order valence-electron chi connectivity index (χ0n) is 28.7. The van der Waals surface area contributed by atoms with Crippen LogP contribution in [0, 0.1) is 0 Å². The van der Waals surface area contributed by atoms with Crippen molar-refractivity contribution in [1.82, 2.24) is 19.6 Å². The largest absolute Gasteiger partial charge is 0.444 e. The van der Waals surface area contributed by atoms with E-state index in [9.17, 15) is 19.2 Å². The maximum absolute atomic E-state index is 14.6. The van der Waals surface area contributed by atoms with E-state index in [0.29, 0.717) is 19.6 Å². The van der Waals surface area contributed by atoms with Crippen LogP contribution in [-0.2, 0) is 32.0 Å². The minimum absolute atomic E-state index is 0.0543. The Morgan fingerprint density at radius 1 is 0.809 bits per heavy atom. The van der Waals surface area contributed by atoms with Gasteiger partial charge in [0.25, 0.3) is 0 Å². The first-order chi connectivity index (χ1) is 22.1. The van der Waals surface area contributed by atoms with E-state index in [1.807, 2.05) is 41.3 Å². The molecule has 0 radical (unpaired) electrons. The second-order valence-corrected chi connectivity index (χ2v) is 14.4. The van der Waals surface area contributed by atoms with Crippen LogP contribution >= 0.6 is 0 Å². The predicted octanol–water partition coefficient (Wildman–Crippen LogP) is 4.43. The number of nitrogens with two attached hydrogens (primary N) is 1. The highest BCUT2D eigenvalue weighted by Gasteiger charge is 2.49. The number of hydrogen-bond acceptors (Lipinski definition) is 8. The number of likely N-dealkylation sites (tertiary alicyclic amines) is 1. The molecule has 2 aromatic rings. The number of nitrogens with zero attached hydrogens (tertiary/aromatic N) is 4. The quantitative estimate of drug-likeness (QED) is 0.445. The number of amides is 4. The molecule has 0 unspecified atom stereocenters. The number of carbonyl (C=O) groups is 4. The van der Waals surface area contributed by atoms with Gasteiger partial charge >= 0.3 is 12.2 Å². The van der Waals surface area contributed by atoms with Crippen molar-refractivity contribution in [2.75, 3.05) is 32.7 Å². The Morgan fingerprint density at radius 2 is 1.40 bits per heavy atom. The maximum Gasteiger partial charge on any atom is 0.417 e. The molecule has 2 N–H and O–H groups in total. The molecule has 0 bridgehead atoms. The van der Waals surface area contributed by atoms with Crippen molar-refractivity contribution in [3.63, 3.8) is 0 Å². The summed E-state index contributed by atoms with van der Waals surface area (Å²) in [5, 5.41) is 0. The van der Waals surface area contributed by atoms with E-state index in [1.54, 1.807) is 41.5 Å². The molecule has 256 valence electrons. The molecule has 11 heteroatoms. The van der Waals surface area contributed by atoms with E-state index in [-0.39, 0.29) is 24.9 Å². The topological polar surface area (TPSA) is 126 Å². The summed E-state index contributed by atoms with van der Waals surface area (Å²) in [6.07, 6.45) is 0.0455. The van der Waals surface area contributed by atoms with E-state index in [0.717, 1.165) is 24.3 Å². The van der Waals surface area contributed by atoms with E-state index in [2.05, 4.69) is 29.2 Å². The molecule has 2 saturated heterocycles. The van der Waals surface area contributed by atoms with Crippen molar-refractivity contribution in [3.8, 4) is 0 Å². The van der Waals surface area contributed by atoms with E-state index in [4.69, 9.17) is 15.2 Å². The molecule has 4 rings (SSSR count). The number of imide groups is 1. The first-order valence-corrected chi connectivity index (χ1v) is 16.5. The first-order valence-electron chi connectivity index (χ1n) is 16.5. The van der Waals surface area contributed by atoms with Gasteiger partial charge in [0.2, 0.25) is 11.8 Å². The van der Waals surface area contributed by atoms with Gasteiger partial charge in [-0.05, 0) is 71.9 Å². The maximum atomic E-state index is 14.6. The van der Waals surface area contributed by atoms with Crippen LogP contribution in [0.1, 0.15) is 65.5 Å². The van der Waals surface area contributed by atoms with Gasteiger partial charge < -0.3 is 20.1 Å². The smallest absolute Gasteiger partial charge is 0.417 e. The number of rotatable bonds is 8. The second kappa shape index (κ2) is 15.3. The molecule has 4 amide bonds. The Hall–Kier alpha value is -3.96. The van der Waals surface area contributed by atoms with Gasteiger partial charge in [0.05, 0.1) is 12.6 Å². The van der Waals surface area contributed by atoms with Crippen molar-refractivity contribution in [1.29, 1.82) is 0 Å². The van der Waals surface area contributed by atoms with Gasteiger partial charge in [-0.25, -0.2) is 14.5 Å². The first kappa shape index (κ1) is 35.9. The molecule has 2 fully saturated rings. The van der Waals surface area contributed by atoms with Gasteiger partial charge in [0.15, 0.2) is 0 Å². The van der Waals surface area contributed by atoms with Crippen LogP contribution in [0.25, 0.3) is 0 Å². The molecule has 2 aliphatic heterocycles. The normalized spacial score (nSPS) is 20.5. The Balaban J connectivity index is 1.62. The van der Waals surface area contributed by atoms with Crippen molar-refractivity contribution >= 4 is 24.0 Å². The van der Waals surface area contributed by atoms with Crippen LogP contribution in [0.5, 0.6) is 0 Å². The van der Waals surface area contributed by atoms with Crippen LogP contribution in [-0.4, -0.2) is 106 Å². The summed E-state index contributed by atoms with van der Waals surface area (Å²) in [7, 11) is 0. The Morgan fingerprint density at radius 3 is 1.98 bits per heavy atom. The fraction of sp³-hybridized carbons (Fsp3) is 0.556. The second-order valence-electron chi connectivity index (χ2n) is 14.4. The van der Waals surface area contributed by atoms with Gasteiger partial charge in [-0.2, -0.15) is 0 Å². The molecule has 0 spiro atoms. The average molecular weight is 650 g/mol. The van der Waals surface area contributed by atoms with Crippen molar-refractivity contribution in [2.24, 2.45) is 5.73 Å². The van der Waals surface area contributed by atoms with Crippen LogP contribution in [0.4, 0.5) is 9.59 Å². The average Bonchev–Trinajstić information content (AvgIpc) is 3.44. The van der Waals surface area contributed by atoms with Crippen LogP contribution in [0.2, 0.25) is 0 Å².